The number of hydrogen-bond donors (Lipinski definition) is 1. The third-order valence-electron chi connectivity index (χ3n) is 4.41. The van der Waals surface area contributed by atoms with E-state index in [1.165, 1.54) is 13.3 Å². The topological polar surface area (TPSA) is 58.6 Å². The fourth-order valence-electron chi connectivity index (χ4n) is 3.12. The Morgan fingerprint density at radius 1 is 1.36 bits per heavy atom. The molecule has 0 aromatic heterocycles. The number of halogens is 1. The highest BCUT2D eigenvalue weighted by Crippen LogP contribution is 2.17. The second-order valence-corrected chi connectivity index (χ2v) is 6.44. The predicted octanol–water partition coefficient (Wildman–Crippen LogP) is 2.93. The lowest BCUT2D eigenvalue weighted by Gasteiger charge is -2.32. The van der Waals surface area contributed by atoms with Gasteiger partial charge in [-0.2, -0.15) is 0 Å². The van der Waals surface area contributed by atoms with Crippen LogP contribution in [0.3, 0.4) is 0 Å². The summed E-state index contributed by atoms with van der Waals surface area (Å²) in [6.45, 7) is 4.74. The number of nitrogens with zero attached hydrogens (tertiary/aromatic N) is 1. The molecule has 0 spiro atoms. The second-order valence-electron chi connectivity index (χ2n) is 6.44. The van der Waals surface area contributed by atoms with Crippen molar-refractivity contribution in [3.8, 4) is 5.75 Å². The third kappa shape index (κ3) is 7.04. The first-order chi connectivity index (χ1) is 11.6. The molecule has 1 aromatic rings. The number of ketones is 1. The van der Waals surface area contributed by atoms with Crippen LogP contribution in [0.15, 0.2) is 24.3 Å². The van der Waals surface area contributed by atoms with Crippen LogP contribution in [0.1, 0.15) is 43.0 Å². The van der Waals surface area contributed by atoms with E-state index >= 15 is 0 Å². The van der Waals surface area contributed by atoms with E-state index in [9.17, 15) is 9.59 Å². The Hall–Kier alpha value is -1.59. The van der Waals surface area contributed by atoms with Crippen LogP contribution in [0.4, 0.5) is 0 Å². The largest absolute Gasteiger partial charge is 0.494 e. The highest BCUT2D eigenvalue weighted by atomic mass is 35.5. The molecule has 1 aliphatic heterocycles. The van der Waals surface area contributed by atoms with Crippen LogP contribution in [0, 0.1) is 5.92 Å². The first-order valence-corrected chi connectivity index (χ1v) is 8.76. The van der Waals surface area contributed by atoms with Crippen molar-refractivity contribution in [1.29, 1.82) is 0 Å². The van der Waals surface area contributed by atoms with Crippen LogP contribution in [0.5, 0.6) is 5.75 Å². The van der Waals surface area contributed by atoms with Gasteiger partial charge in [0.1, 0.15) is 5.75 Å². The number of ether oxygens (including phenoxy) is 1. The molecule has 0 radical (unpaired) electrons. The molecule has 0 aliphatic carbocycles. The van der Waals surface area contributed by atoms with E-state index in [-0.39, 0.29) is 24.1 Å². The lowest BCUT2D eigenvalue weighted by Crippen LogP contribution is -2.42. The van der Waals surface area contributed by atoms with E-state index in [0.29, 0.717) is 36.7 Å². The van der Waals surface area contributed by atoms with Gasteiger partial charge < -0.3 is 15.0 Å². The molecular weight excluding hydrogens is 340 g/mol. The molecule has 1 heterocycles. The van der Waals surface area contributed by atoms with Gasteiger partial charge in [-0.1, -0.05) is 12.1 Å². The van der Waals surface area contributed by atoms with Crippen molar-refractivity contribution >= 4 is 24.1 Å². The van der Waals surface area contributed by atoms with Gasteiger partial charge in [0.15, 0.2) is 5.78 Å². The minimum absolute atomic E-state index is 0. The van der Waals surface area contributed by atoms with E-state index in [4.69, 9.17) is 4.74 Å². The average Bonchev–Trinajstić information content (AvgIpc) is 2.59. The van der Waals surface area contributed by atoms with E-state index in [0.717, 1.165) is 26.1 Å². The highest BCUT2D eigenvalue weighted by molar-refractivity contribution is 5.94. The maximum atomic E-state index is 12.3. The zero-order chi connectivity index (χ0) is 17.4. The Bertz CT molecular complexity index is 563. The molecule has 0 bridgehead atoms. The molecule has 25 heavy (non-hydrogen) atoms. The van der Waals surface area contributed by atoms with Gasteiger partial charge in [-0.05, 0) is 57.8 Å². The summed E-state index contributed by atoms with van der Waals surface area (Å²) in [7, 11) is 1.96. The smallest absolute Gasteiger partial charge is 0.222 e. The number of nitrogens with one attached hydrogen (secondary N) is 1. The van der Waals surface area contributed by atoms with Gasteiger partial charge >= 0.3 is 0 Å². The number of likely N-dealkylation sites (tertiary alicyclic amines) is 1. The number of piperidine rings is 1. The zero-order valence-electron chi connectivity index (χ0n) is 15.1. The third-order valence-corrected chi connectivity index (χ3v) is 4.41. The van der Waals surface area contributed by atoms with Gasteiger partial charge in [-0.25, -0.2) is 0 Å². The number of carbonyl (C=O) groups is 2. The normalized spacial score (nSPS) is 16.9. The predicted molar refractivity (Wildman–Crippen MR) is 102 cm³/mol. The van der Waals surface area contributed by atoms with E-state index in [1.807, 2.05) is 24.1 Å². The van der Waals surface area contributed by atoms with Gasteiger partial charge in [-0.15, -0.1) is 12.4 Å². The van der Waals surface area contributed by atoms with Crippen molar-refractivity contribution in [2.24, 2.45) is 5.92 Å². The average molecular weight is 369 g/mol. The van der Waals surface area contributed by atoms with Crippen molar-refractivity contribution in [3.05, 3.63) is 29.8 Å². The van der Waals surface area contributed by atoms with Gasteiger partial charge in [0, 0.05) is 25.1 Å². The molecule has 2 rings (SSSR count). The van der Waals surface area contributed by atoms with Gasteiger partial charge in [0.2, 0.25) is 5.91 Å². The monoisotopic (exact) mass is 368 g/mol. The molecule has 1 N–H and O–H groups in total. The number of rotatable bonds is 8. The molecule has 1 unspecified atom stereocenters. The zero-order valence-corrected chi connectivity index (χ0v) is 15.9. The number of carbonyl (C=O) groups excluding carboxylic acids is 2. The maximum Gasteiger partial charge on any atom is 0.222 e. The SMILES string of the molecule is CNCC1CCCN(C(=O)CCCOc2cccc(C(C)=O)c2)C1.Cl. The van der Waals surface area contributed by atoms with Crippen molar-refractivity contribution in [1.82, 2.24) is 10.2 Å². The van der Waals surface area contributed by atoms with E-state index < -0.39 is 0 Å². The number of amides is 1. The quantitative estimate of drug-likeness (QED) is 0.566. The standard InChI is InChI=1S/C19H28N2O3.ClH/c1-15(22)17-7-3-8-18(12-17)24-11-5-9-19(23)21-10-4-6-16(14-21)13-20-2;/h3,7-8,12,16,20H,4-6,9-11,13-14H2,1-2H3;1H. The summed E-state index contributed by atoms with van der Waals surface area (Å²) < 4.78 is 5.66. The van der Waals surface area contributed by atoms with Crippen molar-refractivity contribution in [2.45, 2.75) is 32.6 Å². The summed E-state index contributed by atoms with van der Waals surface area (Å²) in [6.07, 6.45) is 3.49. The molecule has 1 saturated heterocycles. The van der Waals surface area contributed by atoms with Crippen LogP contribution >= 0.6 is 12.4 Å². The summed E-state index contributed by atoms with van der Waals surface area (Å²) in [5, 5.41) is 3.20. The van der Waals surface area contributed by atoms with Gasteiger partial charge in [-0.3, -0.25) is 9.59 Å². The fraction of sp³-hybridized carbons (Fsp3) is 0.579. The summed E-state index contributed by atoms with van der Waals surface area (Å²) in [6, 6.07) is 7.17. The van der Waals surface area contributed by atoms with Crippen LogP contribution in [-0.4, -0.2) is 49.9 Å². The molecule has 5 nitrogen and oxygen atoms in total. The summed E-state index contributed by atoms with van der Waals surface area (Å²) >= 11 is 0. The Labute approximate surface area is 156 Å². The van der Waals surface area contributed by atoms with Crippen LogP contribution in [-0.2, 0) is 4.79 Å². The van der Waals surface area contributed by atoms with Crippen LogP contribution in [0.2, 0.25) is 0 Å². The molecule has 140 valence electrons. The summed E-state index contributed by atoms with van der Waals surface area (Å²) in [5.74, 6) is 1.49. The molecule has 1 aromatic carbocycles. The first-order valence-electron chi connectivity index (χ1n) is 8.76. The van der Waals surface area contributed by atoms with Crippen LogP contribution < -0.4 is 10.1 Å². The minimum atomic E-state index is 0. The molecule has 1 atom stereocenters. The first kappa shape index (κ1) is 21.5. The molecule has 1 fully saturated rings. The van der Waals surface area contributed by atoms with Crippen molar-refractivity contribution in [3.63, 3.8) is 0 Å². The number of Topliss-reactive ketones (excluding diaryl/α,β-unsaturated/α-hetero) is 1. The Morgan fingerprint density at radius 3 is 2.88 bits per heavy atom. The van der Waals surface area contributed by atoms with Gasteiger partial charge in [0.05, 0.1) is 6.61 Å². The summed E-state index contributed by atoms with van der Waals surface area (Å²) in [5.41, 5.74) is 0.646. The number of hydrogen-bond acceptors (Lipinski definition) is 4. The lowest BCUT2D eigenvalue weighted by atomic mass is 9.97. The van der Waals surface area contributed by atoms with Crippen molar-refractivity contribution in [2.75, 3.05) is 33.3 Å². The maximum absolute atomic E-state index is 12.3. The Kier molecular flexibility index (Phi) is 9.53. The Balaban J connectivity index is 0.00000312. The molecule has 1 amide bonds. The molecular formula is C19H29ClN2O3. The fourth-order valence-corrected chi connectivity index (χ4v) is 3.12. The molecule has 0 saturated carbocycles. The van der Waals surface area contributed by atoms with Gasteiger partial charge in [0.25, 0.3) is 0 Å². The van der Waals surface area contributed by atoms with Crippen molar-refractivity contribution < 1.29 is 14.3 Å². The molecule has 6 heteroatoms. The number of benzene rings is 1. The Morgan fingerprint density at radius 2 is 2.16 bits per heavy atom. The molecule has 1 aliphatic rings. The second kappa shape index (κ2) is 11.1. The minimum Gasteiger partial charge on any atom is -0.494 e. The van der Waals surface area contributed by atoms with Crippen LogP contribution in [0.25, 0.3) is 0 Å². The van der Waals surface area contributed by atoms with E-state index in [2.05, 4.69) is 5.32 Å². The highest BCUT2D eigenvalue weighted by Gasteiger charge is 2.22. The summed E-state index contributed by atoms with van der Waals surface area (Å²) in [4.78, 5) is 25.7. The van der Waals surface area contributed by atoms with E-state index in [1.54, 1.807) is 12.1 Å². The lowest BCUT2D eigenvalue weighted by molar-refractivity contribution is -0.133.